The third kappa shape index (κ3) is 10.6. The molecule has 23 nitrogen and oxygen atoms in total. The van der Waals surface area contributed by atoms with Crippen LogP contribution in [0.25, 0.3) is 17.2 Å². The number of nitrogens with one attached hydrogen (secondary N) is 2. The zero-order valence-electron chi connectivity index (χ0n) is 33.6. The Labute approximate surface area is 378 Å². The molecule has 340 valence electrons. The first kappa shape index (κ1) is 46.6. The van der Waals surface area contributed by atoms with Gasteiger partial charge in [0, 0.05) is 5.69 Å². The molecule has 0 amide bonds. The van der Waals surface area contributed by atoms with Crippen LogP contribution in [0.15, 0.2) is 166 Å². The summed E-state index contributed by atoms with van der Waals surface area (Å²) in [5.74, 6) is -3.24. The second-order valence-electron chi connectivity index (χ2n) is 13.9. The van der Waals surface area contributed by atoms with Gasteiger partial charge in [0.25, 0.3) is 30.4 Å². The number of aliphatic carboxylic acids is 1. The summed E-state index contributed by atoms with van der Waals surface area (Å²) in [5, 5.41) is 33.2. The van der Waals surface area contributed by atoms with E-state index in [-0.39, 0.29) is 34.1 Å². The van der Waals surface area contributed by atoms with E-state index in [1.165, 1.54) is 48.5 Å². The maximum absolute atomic E-state index is 14.1. The predicted octanol–water partition coefficient (Wildman–Crippen LogP) is 6.65. The van der Waals surface area contributed by atoms with Crippen molar-refractivity contribution in [1.82, 2.24) is 0 Å². The number of fused-ring (bicyclic) bond motifs is 1. The van der Waals surface area contributed by atoms with Crippen molar-refractivity contribution in [2.45, 2.75) is 9.79 Å². The molecule has 0 spiro atoms. The number of ketones is 2. The average molecular weight is 967 g/mol. The number of Topliss-reactive ketones (excluding diaryl/α,β-unsaturated/α-hetero) is 1. The molecule has 0 heterocycles. The summed E-state index contributed by atoms with van der Waals surface area (Å²) in [6.45, 7) is 0. The Morgan fingerprint density at radius 3 is 1.78 bits per heavy atom. The van der Waals surface area contributed by atoms with E-state index >= 15 is 0 Å². The third-order valence-corrected chi connectivity index (χ3v) is 12.0. The van der Waals surface area contributed by atoms with Crippen LogP contribution in [0.5, 0.6) is 0 Å². The summed E-state index contributed by atoms with van der Waals surface area (Å²) in [4.78, 5) is 34.6. The van der Waals surface area contributed by atoms with Crippen LogP contribution in [0.4, 0.5) is 45.5 Å². The van der Waals surface area contributed by atoms with Crippen molar-refractivity contribution in [3.05, 3.63) is 137 Å². The number of hydrazone groups is 2. The highest BCUT2D eigenvalue weighted by Gasteiger charge is 2.37. The van der Waals surface area contributed by atoms with E-state index in [0.29, 0.717) is 17.3 Å². The number of azo groups is 2. The Bertz CT molecular complexity index is 3500. The van der Waals surface area contributed by atoms with Crippen molar-refractivity contribution in [2.24, 2.45) is 30.7 Å². The number of nitrogens with zero attached hydrogens (tertiary/aromatic N) is 6. The first-order valence-electron chi connectivity index (χ1n) is 18.6. The van der Waals surface area contributed by atoms with Crippen LogP contribution in [-0.2, 0) is 39.9 Å². The average Bonchev–Trinajstić information content (AvgIpc) is 3.27. The van der Waals surface area contributed by atoms with Crippen LogP contribution in [0.2, 0.25) is 0 Å². The molecule has 0 aliphatic heterocycles. The summed E-state index contributed by atoms with van der Waals surface area (Å²) in [6, 6.07) is 22.6. The SMILES string of the molecule is Nc1ccc(N=Nc2ccc(S(=O)(=O)O)cc2)c(N=Nc2c(S(=O)(=O)O)cc3c(c2N)C(=O)/C(=N\Nc2ccc(-c4ccc(N/N=C5\C=CC(=O)C(C(=O)O)=C5)cc4)cc2)C(S(=O)(=O)O)=C3)c1. The van der Waals surface area contributed by atoms with Gasteiger partial charge < -0.3 is 16.6 Å². The number of carboxylic acid groups (broad SMARTS) is 1. The number of carbonyl (C=O) groups excluding carboxylic acids is 2. The molecule has 26 heteroatoms. The molecular weight excluding hydrogens is 937 g/mol. The molecule has 7 rings (SSSR count). The van der Waals surface area contributed by atoms with Gasteiger partial charge in [0.2, 0.25) is 5.78 Å². The van der Waals surface area contributed by atoms with Gasteiger partial charge in [-0.15, -0.1) is 15.3 Å². The number of carbonyl (C=O) groups is 3. The fourth-order valence-electron chi connectivity index (χ4n) is 6.18. The molecule has 0 unspecified atom stereocenters. The lowest BCUT2D eigenvalue weighted by molar-refractivity contribution is -0.134. The van der Waals surface area contributed by atoms with Gasteiger partial charge in [-0.1, -0.05) is 24.3 Å². The second kappa shape index (κ2) is 18.2. The molecule has 0 fully saturated rings. The summed E-state index contributed by atoms with van der Waals surface area (Å²) >= 11 is 0. The fraction of sp³-hybridized carbons (Fsp3) is 0. The third-order valence-electron chi connectivity index (χ3n) is 9.42. The highest BCUT2D eigenvalue weighted by Crippen LogP contribution is 2.42. The molecule has 67 heavy (non-hydrogen) atoms. The fourth-order valence-corrected chi connectivity index (χ4v) is 7.99. The topological polar surface area (TPSA) is 385 Å². The minimum absolute atomic E-state index is 0.0182. The van der Waals surface area contributed by atoms with Gasteiger partial charge in [0.05, 0.1) is 38.9 Å². The van der Waals surface area contributed by atoms with E-state index in [1.807, 2.05) is 0 Å². The van der Waals surface area contributed by atoms with Crippen LogP contribution in [0.3, 0.4) is 0 Å². The Balaban J connectivity index is 1.15. The largest absolute Gasteiger partial charge is 0.478 e. The van der Waals surface area contributed by atoms with Crippen molar-refractivity contribution in [2.75, 3.05) is 22.3 Å². The molecular formula is C41H30N10O13S3. The summed E-state index contributed by atoms with van der Waals surface area (Å²) in [6.07, 6.45) is 4.33. The van der Waals surface area contributed by atoms with Gasteiger partial charge in [-0.05, 0) is 114 Å². The standard InChI is InChI=1S/C41H30N10O13S3/c42-24-5-15-31(48-45-27-10-13-29(14-11-27)65(56,57)58)32(19-24)49-50-38-34(66(59,60)61)17-23-18-35(67(62,63)64)39(40(53)36(23)37(38)43)51-46-26-8-3-22(4-9-26)21-1-6-25(7-2-21)44-47-28-12-16-33(52)30(20-28)41(54)55/h1-20,44,46H,42-43H2,(H,54,55)(H,56,57,58)(H,59,60,61)(H,62,63,64)/b47-28+,48-45?,50-49?,51-39-. The molecule has 0 radical (unpaired) electrons. The Kier molecular flexibility index (Phi) is 12.7. The zero-order valence-corrected chi connectivity index (χ0v) is 36.0. The van der Waals surface area contributed by atoms with Crippen LogP contribution >= 0.6 is 0 Å². The van der Waals surface area contributed by atoms with E-state index in [1.54, 1.807) is 36.4 Å². The molecule has 0 saturated heterocycles. The van der Waals surface area contributed by atoms with Gasteiger partial charge >= 0.3 is 5.97 Å². The number of carboxylic acids is 1. The lowest BCUT2D eigenvalue weighted by Gasteiger charge is -2.20. The monoisotopic (exact) mass is 966 g/mol. The number of hydrogen-bond donors (Lipinski definition) is 8. The van der Waals surface area contributed by atoms with Crippen LogP contribution in [-0.4, -0.2) is 73.0 Å². The van der Waals surface area contributed by atoms with Crippen molar-refractivity contribution in [3.63, 3.8) is 0 Å². The molecule has 2 aliphatic rings. The van der Waals surface area contributed by atoms with Gasteiger partial charge in [0.15, 0.2) is 11.5 Å². The number of benzene rings is 5. The van der Waals surface area contributed by atoms with E-state index in [2.05, 4.69) is 41.5 Å². The van der Waals surface area contributed by atoms with E-state index in [9.17, 15) is 58.4 Å². The highest BCUT2D eigenvalue weighted by atomic mass is 32.2. The van der Waals surface area contributed by atoms with Crippen molar-refractivity contribution < 1.29 is 58.4 Å². The molecule has 5 aromatic carbocycles. The lowest BCUT2D eigenvalue weighted by Crippen LogP contribution is -2.28. The molecule has 5 aromatic rings. The lowest BCUT2D eigenvalue weighted by atomic mass is 9.92. The van der Waals surface area contributed by atoms with Gasteiger partial charge in [0.1, 0.15) is 32.4 Å². The Hall–Kier alpha value is -8.40. The zero-order chi connectivity index (χ0) is 48.4. The van der Waals surface area contributed by atoms with E-state index in [4.69, 9.17) is 11.5 Å². The number of rotatable bonds is 13. The molecule has 0 aromatic heterocycles. The summed E-state index contributed by atoms with van der Waals surface area (Å²) < 4.78 is 103. The van der Waals surface area contributed by atoms with Gasteiger partial charge in [-0.2, -0.15) is 40.6 Å². The van der Waals surface area contributed by atoms with Gasteiger partial charge in [-0.3, -0.25) is 34.1 Å². The second-order valence-corrected chi connectivity index (χ2v) is 18.1. The maximum Gasteiger partial charge on any atom is 0.339 e. The van der Waals surface area contributed by atoms with E-state index < -0.39 is 96.4 Å². The smallest absolute Gasteiger partial charge is 0.339 e. The number of nitrogen functional groups attached to an aromatic ring is 2. The first-order valence-corrected chi connectivity index (χ1v) is 22.9. The van der Waals surface area contributed by atoms with Crippen molar-refractivity contribution in [3.8, 4) is 11.1 Å². The highest BCUT2D eigenvalue weighted by molar-refractivity contribution is 7.91. The quantitative estimate of drug-likeness (QED) is 0.0153. The molecule has 2 aliphatic carbocycles. The Morgan fingerprint density at radius 2 is 1.21 bits per heavy atom. The summed E-state index contributed by atoms with van der Waals surface area (Å²) in [5.41, 5.74) is 16.4. The van der Waals surface area contributed by atoms with Crippen LogP contribution in [0, 0.1) is 0 Å². The van der Waals surface area contributed by atoms with Crippen molar-refractivity contribution >= 4 is 111 Å². The van der Waals surface area contributed by atoms with Crippen molar-refractivity contribution in [1.29, 1.82) is 0 Å². The van der Waals surface area contributed by atoms with E-state index in [0.717, 1.165) is 35.9 Å². The van der Waals surface area contributed by atoms with Crippen LogP contribution in [0.1, 0.15) is 15.9 Å². The van der Waals surface area contributed by atoms with Gasteiger partial charge in [-0.25, -0.2) is 4.79 Å². The maximum atomic E-state index is 14.1. The molecule has 0 saturated carbocycles. The first-order chi connectivity index (χ1) is 31.6. The minimum atomic E-state index is -5.24. The molecule has 0 atom stereocenters. The number of allylic oxidation sites excluding steroid dienone is 4. The Morgan fingerprint density at radius 1 is 0.612 bits per heavy atom. The molecule has 0 bridgehead atoms. The summed E-state index contributed by atoms with van der Waals surface area (Å²) in [7, 11) is -14.9. The normalized spacial score (nSPS) is 15.5. The number of nitrogens with two attached hydrogens (primary N) is 2. The minimum Gasteiger partial charge on any atom is -0.478 e. The predicted molar refractivity (Wildman–Crippen MR) is 244 cm³/mol. The number of anilines is 4. The van der Waals surface area contributed by atoms with Crippen LogP contribution < -0.4 is 22.3 Å². The number of hydrogen-bond acceptors (Lipinski definition) is 19. The molecule has 10 N–H and O–H groups in total.